The average Bonchev–Trinajstić information content (AvgIpc) is 2.85. The summed E-state index contributed by atoms with van der Waals surface area (Å²) in [6, 6.07) is 8.04. The lowest BCUT2D eigenvalue weighted by Crippen LogP contribution is -2.29. The zero-order valence-electron chi connectivity index (χ0n) is 10.1. The number of rotatable bonds is 4. The summed E-state index contributed by atoms with van der Waals surface area (Å²) in [7, 11) is 0. The van der Waals surface area contributed by atoms with Crippen molar-refractivity contribution < 1.29 is 4.79 Å². The van der Waals surface area contributed by atoms with E-state index in [4.69, 9.17) is 5.73 Å². The second kappa shape index (κ2) is 5.75. The molecule has 4 nitrogen and oxygen atoms in total. The number of carbonyl (C=O) groups excluding carboxylic acids is 1. The van der Waals surface area contributed by atoms with E-state index in [1.54, 1.807) is 5.51 Å². The Kier molecular flexibility index (Phi) is 4.07. The fourth-order valence-electron chi connectivity index (χ4n) is 1.67. The first kappa shape index (κ1) is 12.7. The van der Waals surface area contributed by atoms with Gasteiger partial charge < -0.3 is 11.1 Å². The molecule has 0 aliphatic rings. The predicted octanol–water partition coefficient (Wildman–Crippen LogP) is 1.81. The molecule has 0 saturated carbocycles. The first-order chi connectivity index (χ1) is 8.72. The van der Waals surface area contributed by atoms with Crippen LogP contribution in [-0.4, -0.2) is 24.0 Å². The van der Waals surface area contributed by atoms with Crippen LogP contribution in [-0.2, 0) is 0 Å². The van der Waals surface area contributed by atoms with Crippen molar-refractivity contribution in [2.75, 3.05) is 13.1 Å². The smallest absolute Gasteiger partial charge is 0.271 e. The third-order valence-corrected chi connectivity index (χ3v) is 3.37. The third-order valence-electron chi connectivity index (χ3n) is 2.49. The maximum absolute atomic E-state index is 11.9. The minimum atomic E-state index is -0.168. The summed E-state index contributed by atoms with van der Waals surface area (Å²) in [4.78, 5) is 17.0. The van der Waals surface area contributed by atoms with E-state index in [0.717, 1.165) is 16.0 Å². The van der Waals surface area contributed by atoms with Crippen LogP contribution in [0.5, 0.6) is 0 Å². The van der Waals surface area contributed by atoms with Crippen LogP contribution < -0.4 is 11.1 Å². The Balaban J connectivity index is 2.30. The molecule has 0 radical (unpaired) electrons. The lowest BCUT2D eigenvalue weighted by atomic mass is 10.1. The maximum Gasteiger partial charge on any atom is 0.271 e. The minimum Gasteiger partial charge on any atom is -0.349 e. The van der Waals surface area contributed by atoms with E-state index in [9.17, 15) is 4.79 Å². The van der Waals surface area contributed by atoms with Crippen LogP contribution in [0.15, 0.2) is 29.8 Å². The Morgan fingerprint density at radius 1 is 1.50 bits per heavy atom. The number of aromatic nitrogens is 1. The number of benzene rings is 1. The van der Waals surface area contributed by atoms with Crippen molar-refractivity contribution in [3.63, 3.8) is 0 Å². The van der Waals surface area contributed by atoms with E-state index >= 15 is 0 Å². The topological polar surface area (TPSA) is 68.0 Å². The van der Waals surface area contributed by atoms with Gasteiger partial charge in [-0.3, -0.25) is 4.79 Å². The summed E-state index contributed by atoms with van der Waals surface area (Å²) < 4.78 is 0. The summed E-state index contributed by atoms with van der Waals surface area (Å²) in [5.41, 5.74) is 9.71. The van der Waals surface area contributed by atoms with Gasteiger partial charge in [0.15, 0.2) is 0 Å². The lowest BCUT2D eigenvalue weighted by molar-refractivity contribution is 0.0951. The van der Waals surface area contributed by atoms with Gasteiger partial charge in [0.2, 0.25) is 0 Å². The molecule has 1 aromatic carbocycles. The molecule has 94 valence electrons. The van der Waals surface area contributed by atoms with Crippen LogP contribution in [0.1, 0.15) is 16.1 Å². The molecule has 2 rings (SSSR count). The number of hydrogen-bond donors (Lipinski definition) is 2. The molecule has 0 fully saturated rings. The van der Waals surface area contributed by atoms with E-state index in [1.165, 1.54) is 11.3 Å². The van der Waals surface area contributed by atoms with E-state index in [2.05, 4.69) is 10.3 Å². The van der Waals surface area contributed by atoms with Gasteiger partial charge in [-0.05, 0) is 12.5 Å². The van der Waals surface area contributed by atoms with Crippen LogP contribution in [0.25, 0.3) is 10.4 Å². The van der Waals surface area contributed by atoms with Crippen molar-refractivity contribution in [1.82, 2.24) is 10.3 Å². The van der Waals surface area contributed by atoms with Gasteiger partial charge in [0, 0.05) is 13.1 Å². The zero-order chi connectivity index (χ0) is 13.0. The molecule has 5 heteroatoms. The molecule has 0 bridgehead atoms. The normalized spacial score (nSPS) is 10.3. The number of nitrogens with two attached hydrogens (primary N) is 1. The molecule has 1 heterocycles. The van der Waals surface area contributed by atoms with Crippen LogP contribution >= 0.6 is 11.3 Å². The van der Waals surface area contributed by atoms with Crippen molar-refractivity contribution in [3.8, 4) is 10.4 Å². The molecule has 0 saturated heterocycles. The highest BCUT2D eigenvalue weighted by molar-refractivity contribution is 7.13. The molecule has 0 spiro atoms. The van der Waals surface area contributed by atoms with Gasteiger partial charge in [-0.2, -0.15) is 0 Å². The number of carbonyl (C=O) groups is 1. The summed E-state index contributed by atoms with van der Waals surface area (Å²) in [6.45, 7) is 2.91. The highest BCUT2D eigenvalue weighted by atomic mass is 32.1. The van der Waals surface area contributed by atoms with E-state index < -0.39 is 0 Å². The van der Waals surface area contributed by atoms with E-state index in [-0.39, 0.29) is 5.91 Å². The Labute approximate surface area is 110 Å². The molecule has 3 N–H and O–H groups in total. The van der Waals surface area contributed by atoms with E-state index in [0.29, 0.717) is 18.8 Å². The zero-order valence-corrected chi connectivity index (χ0v) is 11.0. The quantitative estimate of drug-likeness (QED) is 0.882. The van der Waals surface area contributed by atoms with Gasteiger partial charge in [0.05, 0.1) is 10.4 Å². The van der Waals surface area contributed by atoms with Gasteiger partial charge in [-0.1, -0.05) is 29.8 Å². The molecule has 0 aliphatic carbocycles. The molecule has 0 unspecified atom stereocenters. The molecule has 0 aliphatic heterocycles. The summed E-state index contributed by atoms with van der Waals surface area (Å²) >= 11 is 1.47. The highest BCUT2D eigenvalue weighted by Gasteiger charge is 2.15. The van der Waals surface area contributed by atoms with Crippen LogP contribution in [0.2, 0.25) is 0 Å². The van der Waals surface area contributed by atoms with Crippen molar-refractivity contribution >= 4 is 17.2 Å². The maximum atomic E-state index is 11.9. The van der Waals surface area contributed by atoms with Crippen molar-refractivity contribution in [3.05, 3.63) is 41.0 Å². The number of hydrogen-bond acceptors (Lipinski definition) is 4. The number of nitrogens with zero attached hydrogens (tertiary/aromatic N) is 1. The van der Waals surface area contributed by atoms with Crippen molar-refractivity contribution in [2.24, 2.45) is 5.73 Å². The van der Waals surface area contributed by atoms with Gasteiger partial charge in [0.25, 0.3) is 5.91 Å². The summed E-state index contributed by atoms with van der Waals surface area (Å²) in [5.74, 6) is -0.168. The van der Waals surface area contributed by atoms with Gasteiger partial charge >= 0.3 is 0 Å². The second-order valence-electron chi connectivity index (χ2n) is 3.94. The van der Waals surface area contributed by atoms with Crippen molar-refractivity contribution in [2.45, 2.75) is 6.92 Å². The molecule has 2 aromatic rings. The molecule has 18 heavy (non-hydrogen) atoms. The standard InChI is InChI=1S/C13H15N3OS/c1-9-3-2-4-10(7-9)12-11(16-8-18-12)13(17)15-6-5-14/h2-4,7-8H,5-6,14H2,1H3,(H,15,17). The Morgan fingerprint density at radius 2 is 2.33 bits per heavy atom. The van der Waals surface area contributed by atoms with Crippen LogP contribution in [0, 0.1) is 6.92 Å². The number of nitrogens with one attached hydrogen (secondary N) is 1. The fraction of sp³-hybridized carbons (Fsp3) is 0.231. The predicted molar refractivity (Wildman–Crippen MR) is 73.7 cm³/mol. The number of aryl methyl sites for hydroxylation is 1. The van der Waals surface area contributed by atoms with Crippen LogP contribution in [0.4, 0.5) is 0 Å². The third kappa shape index (κ3) is 2.75. The monoisotopic (exact) mass is 261 g/mol. The first-order valence-corrected chi connectivity index (χ1v) is 6.59. The molecular weight excluding hydrogens is 246 g/mol. The largest absolute Gasteiger partial charge is 0.349 e. The Bertz CT molecular complexity index is 551. The Hall–Kier alpha value is -1.72. The molecule has 1 aromatic heterocycles. The summed E-state index contributed by atoms with van der Waals surface area (Å²) in [6.07, 6.45) is 0. The number of thiazole rings is 1. The minimum absolute atomic E-state index is 0.168. The van der Waals surface area contributed by atoms with Crippen molar-refractivity contribution in [1.29, 1.82) is 0 Å². The molecule has 0 atom stereocenters. The van der Waals surface area contributed by atoms with E-state index in [1.807, 2.05) is 31.2 Å². The fourth-order valence-corrected chi connectivity index (χ4v) is 2.45. The first-order valence-electron chi connectivity index (χ1n) is 5.71. The SMILES string of the molecule is Cc1cccc(-c2scnc2C(=O)NCCN)c1. The van der Waals surface area contributed by atoms with Gasteiger partial charge in [-0.25, -0.2) is 4.98 Å². The average molecular weight is 261 g/mol. The highest BCUT2D eigenvalue weighted by Crippen LogP contribution is 2.28. The second-order valence-corrected chi connectivity index (χ2v) is 4.80. The van der Waals surface area contributed by atoms with Gasteiger partial charge in [-0.15, -0.1) is 11.3 Å². The molecular formula is C13H15N3OS. The summed E-state index contributed by atoms with van der Waals surface area (Å²) in [5, 5.41) is 2.74. The number of amides is 1. The Morgan fingerprint density at radius 3 is 3.06 bits per heavy atom. The van der Waals surface area contributed by atoms with Crippen LogP contribution in [0.3, 0.4) is 0 Å². The molecule has 1 amide bonds. The lowest BCUT2D eigenvalue weighted by Gasteiger charge is -2.04. The van der Waals surface area contributed by atoms with Gasteiger partial charge in [0.1, 0.15) is 5.69 Å².